The molecule has 0 saturated carbocycles. The fourth-order valence-electron chi connectivity index (χ4n) is 0.935. The van der Waals surface area contributed by atoms with Crippen molar-refractivity contribution in [1.82, 2.24) is 10.2 Å². The summed E-state index contributed by atoms with van der Waals surface area (Å²) in [7, 11) is 1.94. The maximum atomic E-state index is 5.66. The van der Waals surface area contributed by atoms with Gasteiger partial charge in [0.25, 0.3) is 0 Å². The lowest BCUT2D eigenvalue weighted by Crippen LogP contribution is -2.47. The molecule has 0 atom stereocenters. The monoisotopic (exact) mass is 214 g/mol. The van der Waals surface area contributed by atoms with Crippen molar-refractivity contribution in [2.24, 2.45) is 5.73 Å². The van der Waals surface area contributed by atoms with Gasteiger partial charge < -0.3 is 10.6 Å². The van der Waals surface area contributed by atoms with Crippen LogP contribution in [0, 0.1) is 0 Å². The number of anilines is 1. The first-order chi connectivity index (χ1) is 6.47. The molecule has 1 aromatic rings. The van der Waals surface area contributed by atoms with E-state index in [2.05, 4.69) is 10.2 Å². The van der Waals surface area contributed by atoms with Crippen LogP contribution in [0.2, 0.25) is 5.15 Å². The van der Waals surface area contributed by atoms with Crippen molar-refractivity contribution in [2.75, 3.05) is 18.5 Å². The second kappa shape index (κ2) is 4.11. The summed E-state index contributed by atoms with van der Waals surface area (Å²) in [5.74, 6) is 0.768. The molecule has 1 aromatic heterocycles. The van der Waals surface area contributed by atoms with Crippen LogP contribution in [0.25, 0.3) is 0 Å². The van der Waals surface area contributed by atoms with Crippen LogP contribution in [0.1, 0.15) is 13.8 Å². The maximum absolute atomic E-state index is 5.66. The number of hydrogen-bond acceptors (Lipinski definition) is 4. The quantitative estimate of drug-likeness (QED) is 0.824. The van der Waals surface area contributed by atoms with Gasteiger partial charge in [0.15, 0.2) is 11.0 Å². The van der Waals surface area contributed by atoms with Crippen LogP contribution in [0.15, 0.2) is 12.1 Å². The lowest BCUT2D eigenvalue weighted by atomic mass is 10.0. The Balaban J connectivity index is 2.89. The molecule has 0 aromatic carbocycles. The smallest absolute Gasteiger partial charge is 0.151 e. The lowest BCUT2D eigenvalue weighted by molar-refractivity contribution is 0.493. The Labute approximate surface area is 89.1 Å². The molecular weight excluding hydrogens is 200 g/mol. The second-order valence-electron chi connectivity index (χ2n) is 3.79. The van der Waals surface area contributed by atoms with Crippen molar-refractivity contribution in [3.05, 3.63) is 17.3 Å². The van der Waals surface area contributed by atoms with E-state index in [0.29, 0.717) is 11.7 Å². The van der Waals surface area contributed by atoms with Gasteiger partial charge in [0.1, 0.15) is 0 Å². The van der Waals surface area contributed by atoms with Crippen molar-refractivity contribution >= 4 is 17.4 Å². The first-order valence-corrected chi connectivity index (χ1v) is 4.78. The Kier molecular flexibility index (Phi) is 3.29. The van der Waals surface area contributed by atoms with Crippen LogP contribution in [-0.4, -0.2) is 29.3 Å². The zero-order valence-corrected chi connectivity index (χ0v) is 9.41. The Morgan fingerprint density at radius 1 is 1.43 bits per heavy atom. The Hall–Kier alpha value is -0.870. The third-order valence-corrected chi connectivity index (χ3v) is 2.57. The average molecular weight is 215 g/mol. The predicted octanol–water partition coefficient (Wildman–Crippen LogP) is 1.30. The minimum Gasteiger partial charge on any atom is -0.352 e. The van der Waals surface area contributed by atoms with E-state index < -0.39 is 0 Å². The summed E-state index contributed by atoms with van der Waals surface area (Å²) in [4.78, 5) is 1.98. The van der Waals surface area contributed by atoms with E-state index in [4.69, 9.17) is 17.3 Å². The molecule has 2 N–H and O–H groups in total. The molecule has 0 aliphatic carbocycles. The average Bonchev–Trinajstić information content (AvgIpc) is 2.18. The second-order valence-corrected chi connectivity index (χ2v) is 4.18. The summed E-state index contributed by atoms with van der Waals surface area (Å²) in [6.07, 6.45) is 0. The van der Waals surface area contributed by atoms with Crippen LogP contribution in [0.4, 0.5) is 5.82 Å². The van der Waals surface area contributed by atoms with E-state index >= 15 is 0 Å². The molecule has 4 nitrogen and oxygen atoms in total. The van der Waals surface area contributed by atoms with Crippen LogP contribution >= 0.6 is 11.6 Å². The lowest BCUT2D eigenvalue weighted by Gasteiger charge is -2.35. The predicted molar refractivity (Wildman–Crippen MR) is 58.6 cm³/mol. The van der Waals surface area contributed by atoms with Crippen molar-refractivity contribution in [2.45, 2.75) is 19.4 Å². The highest BCUT2D eigenvalue weighted by atomic mass is 35.5. The van der Waals surface area contributed by atoms with Gasteiger partial charge in [-0.3, -0.25) is 0 Å². The van der Waals surface area contributed by atoms with Crippen LogP contribution in [-0.2, 0) is 0 Å². The maximum Gasteiger partial charge on any atom is 0.151 e. The highest BCUT2D eigenvalue weighted by Gasteiger charge is 2.22. The highest BCUT2D eigenvalue weighted by Crippen LogP contribution is 2.18. The molecular formula is C9H15ClN4. The molecule has 0 radical (unpaired) electrons. The largest absolute Gasteiger partial charge is 0.352 e. The molecule has 0 amide bonds. The third-order valence-electron chi connectivity index (χ3n) is 2.37. The molecule has 0 bridgehead atoms. The molecule has 1 rings (SSSR count). The van der Waals surface area contributed by atoms with E-state index in [-0.39, 0.29) is 5.54 Å². The Morgan fingerprint density at radius 3 is 2.50 bits per heavy atom. The molecule has 1 heterocycles. The van der Waals surface area contributed by atoms with Crippen LogP contribution in [0.3, 0.4) is 0 Å². The summed E-state index contributed by atoms with van der Waals surface area (Å²) in [5, 5.41) is 8.16. The highest BCUT2D eigenvalue weighted by molar-refractivity contribution is 6.29. The van der Waals surface area contributed by atoms with Crippen molar-refractivity contribution in [3.63, 3.8) is 0 Å². The van der Waals surface area contributed by atoms with E-state index in [0.717, 1.165) is 5.82 Å². The van der Waals surface area contributed by atoms with E-state index in [1.165, 1.54) is 0 Å². The standard InChI is InChI=1S/C9H15ClN4/c1-9(2,6-11)14(3)8-5-4-7(10)12-13-8/h4-5H,6,11H2,1-3H3. The van der Waals surface area contributed by atoms with Crippen molar-refractivity contribution < 1.29 is 0 Å². The molecule has 0 aliphatic rings. The van der Waals surface area contributed by atoms with Gasteiger partial charge in [0.2, 0.25) is 0 Å². The molecule has 0 spiro atoms. The summed E-state index contributed by atoms with van der Waals surface area (Å²) in [6, 6.07) is 3.54. The molecule has 5 heteroatoms. The number of nitrogens with two attached hydrogens (primary N) is 1. The molecule has 78 valence electrons. The minimum absolute atomic E-state index is 0.136. The number of likely N-dealkylation sites (N-methyl/N-ethyl adjacent to an activating group) is 1. The Bertz CT molecular complexity index is 296. The van der Waals surface area contributed by atoms with Gasteiger partial charge in [-0.05, 0) is 26.0 Å². The topological polar surface area (TPSA) is 55.0 Å². The first kappa shape index (κ1) is 11.2. The van der Waals surface area contributed by atoms with E-state index in [9.17, 15) is 0 Å². The fourth-order valence-corrected chi connectivity index (χ4v) is 1.04. The van der Waals surface area contributed by atoms with Gasteiger partial charge in [0, 0.05) is 19.1 Å². The van der Waals surface area contributed by atoms with Crippen molar-refractivity contribution in [3.8, 4) is 0 Å². The minimum atomic E-state index is -0.136. The normalized spacial score (nSPS) is 11.5. The van der Waals surface area contributed by atoms with E-state index in [1.54, 1.807) is 6.07 Å². The van der Waals surface area contributed by atoms with Crippen LogP contribution in [0.5, 0.6) is 0 Å². The number of nitrogens with zero attached hydrogens (tertiary/aromatic N) is 3. The molecule has 0 saturated heterocycles. The summed E-state index contributed by atoms with van der Waals surface area (Å²) < 4.78 is 0. The van der Waals surface area contributed by atoms with Crippen molar-refractivity contribution in [1.29, 1.82) is 0 Å². The number of halogens is 1. The summed E-state index contributed by atoms with van der Waals surface area (Å²) in [5.41, 5.74) is 5.52. The zero-order chi connectivity index (χ0) is 10.8. The molecule has 14 heavy (non-hydrogen) atoms. The SMILES string of the molecule is CN(c1ccc(Cl)nn1)C(C)(C)CN. The van der Waals surface area contributed by atoms with Gasteiger partial charge >= 0.3 is 0 Å². The third kappa shape index (κ3) is 2.33. The van der Waals surface area contributed by atoms with Gasteiger partial charge in [-0.15, -0.1) is 10.2 Å². The number of aromatic nitrogens is 2. The van der Waals surface area contributed by atoms with E-state index in [1.807, 2.05) is 31.9 Å². The van der Waals surface area contributed by atoms with Gasteiger partial charge in [0.05, 0.1) is 0 Å². The molecule has 0 fully saturated rings. The summed E-state index contributed by atoms with van der Waals surface area (Å²) in [6.45, 7) is 4.64. The number of hydrogen-bond donors (Lipinski definition) is 1. The van der Waals surface area contributed by atoms with Gasteiger partial charge in [-0.25, -0.2) is 0 Å². The summed E-state index contributed by atoms with van der Waals surface area (Å²) >= 11 is 5.65. The zero-order valence-electron chi connectivity index (χ0n) is 8.66. The number of rotatable bonds is 3. The molecule has 0 aliphatic heterocycles. The van der Waals surface area contributed by atoms with Gasteiger partial charge in [-0.2, -0.15) is 0 Å². The molecule has 0 unspecified atom stereocenters. The van der Waals surface area contributed by atoms with Crippen LogP contribution < -0.4 is 10.6 Å². The first-order valence-electron chi connectivity index (χ1n) is 4.40. The Morgan fingerprint density at radius 2 is 2.07 bits per heavy atom. The fraction of sp³-hybridized carbons (Fsp3) is 0.556. The van der Waals surface area contributed by atoms with Gasteiger partial charge in [-0.1, -0.05) is 11.6 Å².